The lowest BCUT2D eigenvalue weighted by molar-refractivity contribution is 0.0697. The Morgan fingerprint density at radius 1 is 1.20 bits per heavy atom. The highest BCUT2D eigenvalue weighted by Gasteiger charge is 2.18. The normalized spacial score (nSPS) is 10.7. The molecular weight excluding hydrogens is 366 g/mol. The number of carboxylic acid groups (broad SMARTS) is 1. The number of hydrogen-bond donors (Lipinski definition) is 2. The van der Waals surface area contributed by atoms with Gasteiger partial charge in [0.2, 0.25) is 5.28 Å². The highest BCUT2D eigenvalue weighted by molar-refractivity contribution is 7.18. The van der Waals surface area contributed by atoms with Gasteiger partial charge < -0.3 is 19.9 Å². The SMILES string of the molecule is COc1cc(Nc2nc(Cl)nc3sc(C)cc23)c(C(=O)O)cc1OC. The molecule has 2 aromatic heterocycles. The molecular formula is C16H14ClN3O4S. The van der Waals surface area contributed by atoms with Crippen LogP contribution >= 0.6 is 22.9 Å². The van der Waals surface area contributed by atoms with Crippen LogP contribution in [0.5, 0.6) is 11.5 Å². The Bertz CT molecular complexity index is 974. The van der Waals surface area contributed by atoms with E-state index in [4.69, 9.17) is 21.1 Å². The minimum Gasteiger partial charge on any atom is -0.493 e. The number of aryl methyl sites for hydroxylation is 1. The summed E-state index contributed by atoms with van der Waals surface area (Å²) in [5.74, 6) is 0.0333. The second-order valence-electron chi connectivity index (χ2n) is 5.10. The zero-order chi connectivity index (χ0) is 18.1. The molecule has 0 amide bonds. The summed E-state index contributed by atoms with van der Waals surface area (Å²) in [4.78, 5) is 21.8. The maximum absolute atomic E-state index is 11.6. The number of aromatic nitrogens is 2. The predicted molar refractivity (Wildman–Crippen MR) is 97.0 cm³/mol. The lowest BCUT2D eigenvalue weighted by Gasteiger charge is -2.14. The molecule has 25 heavy (non-hydrogen) atoms. The van der Waals surface area contributed by atoms with Gasteiger partial charge in [-0.15, -0.1) is 11.3 Å². The van der Waals surface area contributed by atoms with Crippen LogP contribution in [0, 0.1) is 6.92 Å². The molecule has 130 valence electrons. The first-order valence-corrected chi connectivity index (χ1v) is 8.32. The van der Waals surface area contributed by atoms with Crippen molar-refractivity contribution in [3.63, 3.8) is 0 Å². The lowest BCUT2D eigenvalue weighted by Crippen LogP contribution is -2.06. The summed E-state index contributed by atoms with van der Waals surface area (Å²) < 4.78 is 10.4. The first-order valence-electron chi connectivity index (χ1n) is 7.13. The van der Waals surface area contributed by atoms with Crippen LogP contribution in [0.3, 0.4) is 0 Å². The molecule has 0 saturated heterocycles. The van der Waals surface area contributed by atoms with Crippen molar-refractivity contribution in [1.29, 1.82) is 0 Å². The number of ether oxygens (including phenoxy) is 2. The molecule has 0 aliphatic rings. The van der Waals surface area contributed by atoms with E-state index < -0.39 is 5.97 Å². The Balaban J connectivity index is 2.16. The number of carboxylic acids is 1. The molecule has 0 aliphatic carbocycles. The highest BCUT2D eigenvalue weighted by Crippen LogP contribution is 2.37. The molecule has 7 nitrogen and oxygen atoms in total. The number of hydrogen-bond acceptors (Lipinski definition) is 7. The summed E-state index contributed by atoms with van der Waals surface area (Å²) >= 11 is 7.47. The highest BCUT2D eigenvalue weighted by atomic mass is 35.5. The molecule has 3 aromatic rings. The Kier molecular flexibility index (Phi) is 4.65. The first-order chi connectivity index (χ1) is 11.9. The number of halogens is 1. The zero-order valence-corrected chi connectivity index (χ0v) is 15.2. The number of anilines is 2. The summed E-state index contributed by atoms with van der Waals surface area (Å²) in [5.41, 5.74) is 0.331. The predicted octanol–water partition coefficient (Wildman–Crippen LogP) is 4.11. The van der Waals surface area contributed by atoms with Gasteiger partial charge in [0.25, 0.3) is 0 Å². The molecule has 1 aromatic carbocycles. The van der Waals surface area contributed by atoms with Gasteiger partial charge in [0.05, 0.1) is 30.9 Å². The number of aromatic carboxylic acids is 1. The average molecular weight is 380 g/mol. The van der Waals surface area contributed by atoms with Gasteiger partial charge in [-0.05, 0) is 24.6 Å². The third-order valence-corrected chi connectivity index (χ3v) is 4.61. The van der Waals surface area contributed by atoms with Crippen LogP contribution in [0.15, 0.2) is 18.2 Å². The molecule has 2 heterocycles. The first kappa shape index (κ1) is 17.2. The zero-order valence-electron chi connectivity index (χ0n) is 13.6. The van der Waals surface area contributed by atoms with E-state index in [0.29, 0.717) is 23.0 Å². The van der Waals surface area contributed by atoms with E-state index in [9.17, 15) is 9.90 Å². The van der Waals surface area contributed by atoms with Crippen molar-refractivity contribution < 1.29 is 19.4 Å². The number of thiophene rings is 1. The maximum Gasteiger partial charge on any atom is 0.337 e. The minimum atomic E-state index is -1.11. The molecule has 0 spiro atoms. The Morgan fingerprint density at radius 3 is 2.52 bits per heavy atom. The fourth-order valence-corrected chi connectivity index (χ4v) is 3.50. The van der Waals surface area contributed by atoms with Crippen LogP contribution in [0.4, 0.5) is 11.5 Å². The molecule has 0 bridgehead atoms. The van der Waals surface area contributed by atoms with Gasteiger partial charge in [0.15, 0.2) is 11.5 Å². The number of benzene rings is 1. The number of rotatable bonds is 5. The van der Waals surface area contributed by atoms with Crippen molar-refractivity contribution in [2.45, 2.75) is 6.92 Å². The second kappa shape index (κ2) is 6.73. The van der Waals surface area contributed by atoms with E-state index >= 15 is 0 Å². The molecule has 2 N–H and O–H groups in total. The molecule has 3 rings (SSSR count). The number of methoxy groups -OCH3 is 2. The number of nitrogens with one attached hydrogen (secondary N) is 1. The van der Waals surface area contributed by atoms with Crippen LogP contribution < -0.4 is 14.8 Å². The van der Waals surface area contributed by atoms with Crippen LogP contribution in [-0.4, -0.2) is 35.3 Å². The molecule has 0 atom stereocenters. The smallest absolute Gasteiger partial charge is 0.337 e. The third-order valence-electron chi connectivity index (χ3n) is 3.50. The van der Waals surface area contributed by atoms with Crippen molar-refractivity contribution in [3.8, 4) is 11.5 Å². The van der Waals surface area contributed by atoms with Gasteiger partial charge in [-0.3, -0.25) is 0 Å². The van der Waals surface area contributed by atoms with E-state index in [2.05, 4.69) is 15.3 Å². The summed E-state index contributed by atoms with van der Waals surface area (Å²) in [6, 6.07) is 4.85. The van der Waals surface area contributed by atoms with Gasteiger partial charge in [-0.2, -0.15) is 4.98 Å². The van der Waals surface area contributed by atoms with Crippen molar-refractivity contribution in [1.82, 2.24) is 9.97 Å². The standard InChI is InChI=1S/C16H14ClN3O4S/c1-7-4-9-13(19-16(17)20-14(9)25-7)18-10-6-12(24-3)11(23-2)5-8(10)15(21)22/h4-6H,1-3H3,(H,21,22)(H,18,19,20). The number of carbonyl (C=O) groups is 1. The van der Waals surface area contributed by atoms with E-state index in [1.54, 1.807) is 6.07 Å². The quantitative estimate of drug-likeness (QED) is 0.644. The van der Waals surface area contributed by atoms with Crippen LogP contribution in [0.2, 0.25) is 5.28 Å². The van der Waals surface area contributed by atoms with Crippen LogP contribution in [0.1, 0.15) is 15.2 Å². The maximum atomic E-state index is 11.6. The van der Waals surface area contributed by atoms with Gasteiger partial charge in [0.1, 0.15) is 10.6 Å². The van der Waals surface area contributed by atoms with Gasteiger partial charge >= 0.3 is 5.97 Å². The fraction of sp³-hybridized carbons (Fsp3) is 0.188. The topological polar surface area (TPSA) is 93.6 Å². The lowest BCUT2D eigenvalue weighted by atomic mass is 10.1. The van der Waals surface area contributed by atoms with Crippen molar-refractivity contribution >= 4 is 50.6 Å². The van der Waals surface area contributed by atoms with E-state index in [0.717, 1.165) is 15.1 Å². The molecule has 0 fully saturated rings. The van der Waals surface area contributed by atoms with Crippen molar-refractivity contribution in [2.75, 3.05) is 19.5 Å². The van der Waals surface area contributed by atoms with Crippen molar-refractivity contribution in [3.05, 3.63) is 33.9 Å². The van der Waals surface area contributed by atoms with Crippen molar-refractivity contribution in [2.24, 2.45) is 0 Å². The summed E-state index contributed by atoms with van der Waals surface area (Å²) in [6.07, 6.45) is 0. The van der Waals surface area contributed by atoms with Crippen LogP contribution in [-0.2, 0) is 0 Å². The molecule has 0 saturated carbocycles. The molecule has 0 radical (unpaired) electrons. The fourth-order valence-electron chi connectivity index (χ4n) is 2.40. The van der Waals surface area contributed by atoms with E-state index in [1.165, 1.54) is 31.6 Å². The van der Waals surface area contributed by atoms with E-state index in [1.807, 2.05) is 13.0 Å². The van der Waals surface area contributed by atoms with E-state index in [-0.39, 0.29) is 10.8 Å². The molecule has 9 heteroatoms. The average Bonchev–Trinajstić information content (AvgIpc) is 2.94. The second-order valence-corrected chi connectivity index (χ2v) is 6.67. The van der Waals surface area contributed by atoms with Crippen LogP contribution in [0.25, 0.3) is 10.2 Å². The number of nitrogens with zero attached hydrogens (tertiary/aromatic N) is 2. The Hall–Kier alpha value is -2.58. The summed E-state index contributed by atoms with van der Waals surface area (Å²) in [6.45, 7) is 1.95. The Labute approximate surface area is 152 Å². The summed E-state index contributed by atoms with van der Waals surface area (Å²) in [7, 11) is 2.92. The molecule has 0 unspecified atom stereocenters. The minimum absolute atomic E-state index is 0.0208. The van der Waals surface area contributed by atoms with Gasteiger partial charge in [-0.25, -0.2) is 9.78 Å². The monoisotopic (exact) mass is 379 g/mol. The summed E-state index contributed by atoms with van der Waals surface area (Å²) in [5, 5.41) is 13.4. The van der Waals surface area contributed by atoms with Gasteiger partial charge in [0, 0.05) is 17.0 Å². The Morgan fingerprint density at radius 2 is 1.88 bits per heavy atom. The number of fused-ring (bicyclic) bond motifs is 1. The van der Waals surface area contributed by atoms with Gasteiger partial charge in [-0.1, -0.05) is 0 Å². The third kappa shape index (κ3) is 3.31. The molecule has 0 aliphatic heterocycles. The largest absolute Gasteiger partial charge is 0.493 e.